The predicted octanol–water partition coefficient (Wildman–Crippen LogP) is 3.92. The molecule has 3 atom stereocenters. The fraction of sp³-hybridized carbons (Fsp3) is 0.647. The third-order valence-electron chi connectivity index (χ3n) is 4.81. The quantitative estimate of drug-likeness (QED) is 0.806. The lowest BCUT2D eigenvalue weighted by Crippen LogP contribution is -2.41. The first kappa shape index (κ1) is 15.9. The Morgan fingerprint density at radius 1 is 1.30 bits per heavy atom. The van der Waals surface area contributed by atoms with E-state index in [4.69, 9.17) is 5.73 Å². The zero-order chi connectivity index (χ0) is 14.5. The molecule has 1 saturated carbocycles. The molecule has 1 fully saturated rings. The van der Waals surface area contributed by atoms with Gasteiger partial charge in [-0.2, -0.15) is 0 Å². The lowest BCUT2D eigenvalue weighted by atomic mass is 9.98. The number of thioether (sulfide) groups is 1. The minimum atomic E-state index is 0.480. The zero-order valence-electron chi connectivity index (χ0n) is 13.0. The third kappa shape index (κ3) is 3.38. The van der Waals surface area contributed by atoms with Crippen LogP contribution in [0.1, 0.15) is 44.7 Å². The Balaban J connectivity index is 2.13. The van der Waals surface area contributed by atoms with Crippen LogP contribution in [0.5, 0.6) is 0 Å². The number of nitrogens with two attached hydrogens (primary N) is 1. The largest absolute Gasteiger partial charge is 0.330 e. The van der Waals surface area contributed by atoms with Crippen molar-refractivity contribution in [2.24, 2.45) is 11.7 Å². The number of hydrogen-bond acceptors (Lipinski definition) is 3. The summed E-state index contributed by atoms with van der Waals surface area (Å²) in [5.41, 5.74) is 7.39. The van der Waals surface area contributed by atoms with E-state index in [-0.39, 0.29) is 0 Å². The van der Waals surface area contributed by atoms with E-state index in [9.17, 15) is 0 Å². The fourth-order valence-electron chi connectivity index (χ4n) is 3.60. The van der Waals surface area contributed by atoms with Crippen LogP contribution in [-0.2, 0) is 0 Å². The Morgan fingerprint density at radius 2 is 2.00 bits per heavy atom. The number of hydrogen-bond donors (Lipinski definition) is 1. The molecular weight excluding hydrogens is 264 g/mol. The molecule has 20 heavy (non-hydrogen) atoms. The third-order valence-corrected chi connectivity index (χ3v) is 5.55. The molecular formula is C17H28N2S. The molecule has 3 unspecified atom stereocenters. The second-order valence-electron chi connectivity index (χ2n) is 5.77. The van der Waals surface area contributed by atoms with E-state index in [1.807, 2.05) is 0 Å². The van der Waals surface area contributed by atoms with Gasteiger partial charge in [0.1, 0.15) is 0 Å². The topological polar surface area (TPSA) is 29.3 Å². The van der Waals surface area contributed by atoms with Crippen molar-refractivity contribution < 1.29 is 0 Å². The molecule has 0 bridgehead atoms. The molecule has 2 nitrogen and oxygen atoms in total. The van der Waals surface area contributed by atoms with E-state index in [0.29, 0.717) is 18.0 Å². The fourth-order valence-corrected chi connectivity index (χ4v) is 4.01. The molecule has 1 aliphatic rings. The normalized spacial score (nSPS) is 24.2. The van der Waals surface area contributed by atoms with Crippen LogP contribution in [0.25, 0.3) is 0 Å². The lowest BCUT2D eigenvalue weighted by Gasteiger charge is -2.37. The molecule has 0 spiro atoms. The summed E-state index contributed by atoms with van der Waals surface area (Å²) >= 11 is 1.80. The molecule has 0 radical (unpaired) electrons. The van der Waals surface area contributed by atoms with Gasteiger partial charge in [0.15, 0.2) is 0 Å². The van der Waals surface area contributed by atoms with Crippen molar-refractivity contribution in [2.75, 3.05) is 19.3 Å². The van der Waals surface area contributed by atoms with Crippen molar-refractivity contribution in [3.8, 4) is 0 Å². The lowest BCUT2D eigenvalue weighted by molar-refractivity contribution is 0.123. The van der Waals surface area contributed by atoms with Crippen LogP contribution in [-0.4, -0.2) is 30.3 Å². The summed E-state index contributed by atoms with van der Waals surface area (Å²) < 4.78 is 0. The van der Waals surface area contributed by atoms with Gasteiger partial charge in [0, 0.05) is 17.0 Å². The number of nitrogens with zero attached hydrogens (tertiary/aromatic N) is 1. The van der Waals surface area contributed by atoms with E-state index in [0.717, 1.165) is 13.1 Å². The molecule has 3 heteroatoms. The SMILES string of the molecule is CCN(C(C)c1ccc(SC)cc1)C1CCCC1CN. The van der Waals surface area contributed by atoms with Crippen LogP contribution in [0, 0.1) is 5.92 Å². The van der Waals surface area contributed by atoms with E-state index in [1.165, 1.54) is 29.7 Å². The van der Waals surface area contributed by atoms with Gasteiger partial charge in [-0.3, -0.25) is 4.90 Å². The molecule has 1 aromatic rings. The maximum atomic E-state index is 5.96. The smallest absolute Gasteiger partial charge is 0.0322 e. The van der Waals surface area contributed by atoms with Crippen molar-refractivity contribution in [1.82, 2.24) is 4.90 Å². The van der Waals surface area contributed by atoms with Crippen LogP contribution in [0.2, 0.25) is 0 Å². The standard InChI is InChI=1S/C17H28N2S/c1-4-19(17-7-5-6-15(17)12-18)13(2)14-8-10-16(20-3)11-9-14/h8-11,13,15,17H,4-7,12,18H2,1-3H3. The van der Waals surface area contributed by atoms with Crippen molar-refractivity contribution >= 4 is 11.8 Å². The van der Waals surface area contributed by atoms with Gasteiger partial charge in [-0.15, -0.1) is 11.8 Å². The van der Waals surface area contributed by atoms with E-state index in [1.54, 1.807) is 11.8 Å². The molecule has 1 aliphatic carbocycles. The highest BCUT2D eigenvalue weighted by atomic mass is 32.2. The van der Waals surface area contributed by atoms with Gasteiger partial charge in [-0.1, -0.05) is 25.5 Å². The van der Waals surface area contributed by atoms with Crippen molar-refractivity contribution in [3.63, 3.8) is 0 Å². The first-order valence-corrected chi connectivity index (χ1v) is 9.03. The molecule has 0 saturated heterocycles. The Morgan fingerprint density at radius 3 is 2.55 bits per heavy atom. The molecule has 112 valence electrons. The van der Waals surface area contributed by atoms with Gasteiger partial charge in [0.05, 0.1) is 0 Å². The summed E-state index contributed by atoms with van der Waals surface area (Å²) in [5, 5.41) is 0. The van der Waals surface area contributed by atoms with Crippen LogP contribution in [0.3, 0.4) is 0 Å². The van der Waals surface area contributed by atoms with Gasteiger partial charge >= 0.3 is 0 Å². The second kappa shape index (κ2) is 7.48. The van der Waals surface area contributed by atoms with Gasteiger partial charge in [-0.05, 0) is 62.7 Å². The van der Waals surface area contributed by atoms with Crippen molar-refractivity contribution in [1.29, 1.82) is 0 Å². The average molecular weight is 292 g/mol. The molecule has 2 N–H and O–H groups in total. The second-order valence-corrected chi connectivity index (χ2v) is 6.65. The molecule has 2 rings (SSSR count). The summed E-state index contributed by atoms with van der Waals surface area (Å²) in [5.74, 6) is 0.683. The molecule has 0 amide bonds. The zero-order valence-corrected chi connectivity index (χ0v) is 13.8. The summed E-state index contributed by atoms with van der Waals surface area (Å²) in [6, 6.07) is 10.2. The monoisotopic (exact) mass is 292 g/mol. The van der Waals surface area contributed by atoms with Crippen molar-refractivity contribution in [3.05, 3.63) is 29.8 Å². The van der Waals surface area contributed by atoms with Gasteiger partial charge in [0.2, 0.25) is 0 Å². The Bertz CT molecular complexity index is 404. The Kier molecular flexibility index (Phi) is 5.94. The first-order chi connectivity index (χ1) is 9.71. The Labute approximate surface area is 128 Å². The Hall–Kier alpha value is -0.510. The highest BCUT2D eigenvalue weighted by molar-refractivity contribution is 7.98. The maximum absolute atomic E-state index is 5.96. The minimum Gasteiger partial charge on any atom is -0.330 e. The van der Waals surface area contributed by atoms with Crippen LogP contribution in [0.15, 0.2) is 29.2 Å². The minimum absolute atomic E-state index is 0.480. The molecule has 0 heterocycles. The van der Waals surface area contributed by atoms with Crippen LogP contribution < -0.4 is 5.73 Å². The van der Waals surface area contributed by atoms with Gasteiger partial charge < -0.3 is 5.73 Å². The molecule has 0 aromatic heterocycles. The number of benzene rings is 1. The highest BCUT2D eigenvalue weighted by Gasteiger charge is 2.33. The van der Waals surface area contributed by atoms with Crippen LogP contribution >= 0.6 is 11.8 Å². The maximum Gasteiger partial charge on any atom is 0.0322 e. The predicted molar refractivity (Wildman–Crippen MR) is 89.2 cm³/mol. The van der Waals surface area contributed by atoms with Gasteiger partial charge in [-0.25, -0.2) is 0 Å². The van der Waals surface area contributed by atoms with Gasteiger partial charge in [0.25, 0.3) is 0 Å². The first-order valence-electron chi connectivity index (χ1n) is 7.81. The van der Waals surface area contributed by atoms with Crippen molar-refractivity contribution in [2.45, 2.75) is 50.1 Å². The summed E-state index contributed by atoms with van der Waals surface area (Å²) in [7, 11) is 0. The van der Waals surface area contributed by atoms with Crippen LogP contribution in [0.4, 0.5) is 0 Å². The molecule has 0 aliphatic heterocycles. The van der Waals surface area contributed by atoms with E-state index in [2.05, 4.69) is 49.3 Å². The summed E-state index contributed by atoms with van der Waals surface area (Å²) in [6.45, 7) is 6.55. The average Bonchev–Trinajstić information content (AvgIpc) is 2.96. The molecule has 1 aromatic carbocycles. The number of rotatable bonds is 6. The summed E-state index contributed by atoms with van der Waals surface area (Å²) in [6.07, 6.45) is 6.07. The van der Waals surface area contributed by atoms with E-state index >= 15 is 0 Å². The summed E-state index contributed by atoms with van der Waals surface area (Å²) in [4.78, 5) is 3.99. The highest BCUT2D eigenvalue weighted by Crippen LogP contribution is 2.34. The van der Waals surface area contributed by atoms with E-state index < -0.39 is 0 Å².